The van der Waals surface area contributed by atoms with Gasteiger partial charge in [0.05, 0.1) is 35.4 Å². The van der Waals surface area contributed by atoms with Crippen LogP contribution in [0.4, 0.5) is 0 Å². The molecule has 8 nitrogen and oxygen atoms in total. The minimum absolute atomic E-state index is 0.000244. The molecule has 2 heterocycles. The van der Waals surface area contributed by atoms with Crippen LogP contribution in [0, 0.1) is 11.8 Å². The number of hydrogen-bond acceptors (Lipinski definition) is 5. The van der Waals surface area contributed by atoms with Crippen molar-refractivity contribution in [3.05, 3.63) is 17.5 Å². The number of aryl methyl sites for hydroxylation is 1. The lowest BCUT2D eigenvalue weighted by Crippen LogP contribution is -2.48. The fourth-order valence-electron chi connectivity index (χ4n) is 3.90. The highest BCUT2D eigenvalue weighted by Crippen LogP contribution is 2.38. The Kier molecular flexibility index (Phi) is 8.81. The van der Waals surface area contributed by atoms with Crippen LogP contribution < -0.4 is 10.8 Å². The van der Waals surface area contributed by atoms with Crippen molar-refractivity contribution in [2.24, 2.45) is 16.8 Å². The van der Waals surface area contributed by atoms with Gasteiger partial charge in [-0.05, 0) is 50.7 Å². The molecule has 3 N–H and O–H groups in total. The molecule has 0 bridgehead atoms. The monoisotopic (exact) mass is 493 g/mol. The molecule has 1 aliphatic heterocycles. The van der Waals surface area contributed by atoms with Gasteiger partial charge in [-0.3, -0.25) is 19.9 Å². The maximum atomic E-state index is 13.2. The first-order valence-corrected chi connectivity index (χ1v) is 15.4. The van der Waals surface area contributed by atoms with E-state index in [1.165, 1.54) is 0 Å². The number of aliphatic imine (C=N–C) groups is 1. The molecule has 9 heteroatoms. The summed E-state index contributed by atoms with van der Waals surface area (Å²) in [5.41, 5.74) is 4.44. The molecule has 1 aromatic rings. The van der Waals surface area contributed by atoms with Crippen LogP contribution in [0.1, 0.15) is 91.4 Å². The van der Waals surface area contributed by atoms with Crippen molar-refractivity contribution in [2.45, 2.75) is 110 Å². The first-order chi connectivity index (χ1) is 15.5. The van der Waals surface area contributed by atoms with Gasteiger partial charge in [0.25, 0.3) is 0 Å². The molecule has 0 fully saturated rings. The van der Waals surface area contributed by atoms with E-state index in [-0.39, 0.29) is 34.7 Å². The summed E-state index contributed by atoms with van der Waals surface area (Å²) in [7, 11) is -0.365. The Balaban J connectivity index is 2.49. The third kappa shape index (κ3) is 6.09. The van der Waals surface area contributed by atoms with Gasteiger partial charge in [0, 0.05) is 19.2 Å². The summed E-state index contributed by atoms with van der Waals surface area (Å²) in [6.45, 7) is 21.3. The van der Waals surface area contributed by atoms with Crippen LogP contribution in [0.25, 0.3) is 0 Å². The first-order valence-electron chi connectivity index (χ1n) is 12.5. The minimum atomic E-state index is -2.10. The van der Waals surface area contributed by atoms with Crippen molar-refractivity contribution in [3.63, 3.8) is 0 Å². The quantitative estimate of drug-likeness (QED) is 0.214. The summed E-state index contributed by atoms with van der Waals surface area (Å²) in [6.07, 6.45) is 3.42. The van der Waals surface area contributed by atoms with Crippen LogP contribution in [0.3, 0.4) is 0 Å². The summed E-state index contributed by atoms with van der Waals surface area (Å²) >= 11 is 0. The summed E-state index contributed by atoms with van der Waals surface area (Å²) < 4.78 is 8.32. The molecule has 194 valence electrons. The molecule has 1 aromatic heterocycles. The zero-order valence-corrected chi connectivity index (χ0v) is 24.1. The SMILES string of the molecule is CC[C@@H]1NC(=O)C(C)[C@H](C(=NC)NO[Si](C)(C)C(C)(C)C)c2c1cnn2CCC(C)C(C)(C)O. The maximum Gasteiger partial charge on any atom is 0.228 e. The van der Waals surface area contributed by atoms with Crippen molar-refractivity contribution in [1.82, 2.24) is 20.6 Å². The molecule has 0 saturated carbocycles. The Morgan fingerprint density at radius 3 is 2.47 bits per heavy atom. The van der Waals surface area contributed by atoms with Gasteiger partial charge in [0.15, 0.2) is 0 Å². The lowest BCUT2D eigenvalue weighted by atomic mass is 9.87. The van der Waals surface area contributed by atoms with E-state index in [0.29, 0.717) is 12.4 Å². The Bertz CT molecular complexity index is 882. The number of hydrogen-bond donors (Lipinski definition) is 3. The molecular weight excluding hydrogens is 446 g/mol. The third-order valence-corrected chi connectivity index (χ3v) is 12.2. The number of fused-ring (bicyclic) bond motifs is 1. The predicted molar refractivity (Wildman–Crippen MR) is 140 cm³/mol. The summed E-state index contributed by atoms with van der Waals surface area (Å²) in [4.78, 5) is 17.7. The van der Waals surface area contributed by atoms with E-state index in [9.17, 15) is 9.90 Å². The molecule has 0 spiro atoms. The summed E-state index contributed by atoms with van der Waals surface area (Å²) in [5, 5.41) is 18.4. The van der Waals surface area contributed by atoms with E-state index < -0.39 is 13.9 Å². The highest BCUT2D eigenvalue weighted by molar-refractivity contribution is 6.74. The second kappa shape index (κ2) is 10.5. The Morgan fingerprint density at radius 1 is 1.35 bits per heavy atom. The topological polar surface area (TPSA) is 101 Å². The number of amidine groups is 1. The van der Waals surface area contributed by atoms with Crippen LogP contribution in [-0.4, -0.2) is 47.6 Å². The van der Waals surface area contributed by atoms with Crippen molar-refractivity contribution in [3.8, 4) is 0 Å². The number of carbonyl (C=O) groups excluding carboxylic acids is 1. The van der Waals surface area contributed by atoms with Crippen LogP contribution in [0.15, 0.2) is 11.2 Å². The van der Waals surface area contributed by atoms with E-state index in [1.807, 2.05) is 31.6 Å². The van der Waals surface area contributed by atoms with Gasteiger partial charge in [-0.2, -0.15) is 5.10 Å². The van der Waals surface area contributed by atoms with Gasteiger partial charge in [-0.15, -0.1) is 0 Å². The van der Waals surface area contributed by atoms with Crippen LogP contribution in [-0.2, 0) is 15.9 Å². The molecule has 4 atom stereocenters. The van der Waals surface area contributed by atoms with Crippen molar-refractivity contribution in [1.29, 1.82) is 0 Å². The van der Waals surface area contributed by atoms with E-state index in [2.05, 4.69) is 63.5 Å². The van der Waals surface area contributed by atoms with Gasteiger partial charge in [-0.1, -0.05) is 41.5 Å². The third-order valence-electron chi connectivity index (χ3n) is 7.95. The molecular formula is C25H47N5O3Si. The number of nitrogens with zero attached hydrogens (tertiary/aromatic N) is 3. The van der Waals surface area contributed by atoms with Gasteiger partial charge < -0.3 is 15.0 Å². The molecule has 0 aliphatic carbocycles. The minimum Gasteiger partial charge on any atom is -0.390 e. The van der Waals surface area contributed by atoms with Crippen LogP contribution >= 0.6 is 0 Å². The lowest BCUT2D eigenvalue weighted by molar-refractivity contribution is -0.125. The molecule has 2 rings (SSSR count). The number of aromatic nitrogens is 2. The molecule has 0 radical (unpaired) electrons. The number of amides is 1. The molecule has 0 saturated heterocycles. The standard InChI is InChI=1S/C25H47N5O3Si/c1-12-19-18-15-27-30(14-13-16(2)25(7,8)32)21(18)20(17(3)23(31)28-19)22(26-9)29-33-34(10,11)24(4,5)6/h15-17,19-20,32H,12-14H2,1-11H3,(H,26,29)(H,28,31)/t16?,17?,19-,20-/m0/s1. The van der Waals surface area contributed by atoms with Gasteiger partial charge in [-0.25, -0.2) is 0 Å². The van der Waals surface area contributed by atoms with Crippen LogP contribution in [0.2, 0.25) is 18.1 Å². The van der Waals surface area contributed by atoms with Crippen molar-refractivity contribution >= 4 is 20.1 Å². The largest absolute Gasteiger partial charge is 0.390 e. The highest BCUT2D eigenvalue weighted by Gasteiger charge is 2.42. The maximum absolute atomic E-state index is 13.2. The van der Waals surface area contributed by atoms with Crippen LogP contribution in [0.5, 0.6) is 0 Å². The van der Waals surface area contributed by atoms with E-state index in [4.69, 9.17) is 9.63 Å². The van der Waals surface area contributed by atoms with Gasteiger partial charge >= 0.3 is 0 Å². The van der Waals surface area contributed by atoms with E-state index >= 15 is 0 Å². The number of hydroxylamine groups is 1. The molecule has 1 aliphatic rings. The van der Waals surface area contributed by atoms with E-state index in [1.54, 1.807) is 7.05 Å². The molecule has 1 amide bonds. The average molecular weight is 494 g/mol. The van der Waals surface area contributed by atoms with Crippen molar-refractivity contribution in [2.75, 3.05) is 7.05 Å². The highest BCUT2D eigenvalue weighted by atomic mass is 28.4. The molecule has 0 aromatic carbocycles. The number of rotatable bonds is 8. The zero-order chi connectivity index (χ0) is 26.1. The normalized spacial score (nSPS) is 23.2. The number of nitrogens with one attached hydrogen (secondary N) is 2. The van der Waals surface area contributed by atoms with Crippen molar-refractivity contribution < 1.29 is 14.4 Å². The predicted octanol–water partition coefficient (Wildman–Crippen LogP) is 4.54. The average Bonchev–Trinajstić information content (AvgIpc) is 3.09. The van der Waals surface area contributed by atoms with Gasteiger partial charge in [0.1, 0.15) is 5.84 Å². The fraction of sp³-hybridized carbons (Fsp3) is 0.800. The van der Waals surface area contributed by atoms with E-state index in [0.717, 1.165) is 24.1 Å². The zero-order valence-electron chi connectivity index (χ0n) is 23.1. The number of aliphatic hydroxyl groups is 1. The Morgan fingerprint density at radius 2 is 1.97 bits per heavy atom. The first kappa shape index (κ1) is 28.5. The molecule has 34 heavy (non-hydrogen) atoms. The molecule has 2 unspecified atom stereocenters. The lowest BCUT2D eigenvalue weighted by Gasteiger charge is -2.36. The van der Waals surface area contributed by atoms with Gasteiger partial charge in [0.2, 0.25) is 14.2 Å². The smallest absolute Gasteiger partial charge is 0.228 e. The Hall–Kier alpha value is -1.71. The summed E-state index contributed by atoms with van der Waals surface area (Å²) in [6, 6.07) is -0.102. The second-order valence-corrected chi connectivity index (χ2v) is 16.6. The number of carbonyl (C=O) groups is 1. The summed E-state index contributed by atoms with van der Waals surface area (Å²) in [5.74, 6) is 0.0607. The fourth-order valence-corrected chi connectivity index (χ4v) is 4.57. The second-order valence-electron chi connectivity index (χ2n) is 11.9. The Labute approximate surface area is 207 Å².